The number of carbonyl (C=O) groups is 1. The lowest BCUT2D eigenvalue weighted by Crippen LogP contribution is -2.17. The number of halogens is 2. The largest absolute Gasteiger partial charge is 0.271 e. The Morgan fingerprint density at radius 2 is 1.96 bits per heavy atom. The highest BCUT2D eigenvalue weighted by atomic mass is 35.5. The summed E-state index contributed by atoms with van der Waals surface area (Å²) in [5.74, 6) is -0.648. The molecule has 2 heterocycles. The predicted molar refractivity (Wildman–Crippen MR) is 96.8 cm³/mol. The highest BCUT2D eigenvalue weighted by Gasteiger charge is 2.12. The minimum Gasteiger partial charge on any atom is -0.267 e. The summed E-state index contributed by atoms with van der Waals surface area (Å²) in [6, 6.07) is 9.29. The minimum absolute atomic E-state index is 0.297. The van der Waals surface area contributed by atoms with Crippen LogP contribution in [0.3, 0.4) is 0 Å². The van der Waals surface area contributed by atoms with Crippen molar-refractivity contribution in [2.75, 3.05) is 0 Å². The fourth-order valence-corrected chi connectivity index (χ4v) is 2.59. The van der Waals surface area contributed by atoms with Gasteiger partial charge in [0.25, 0.3) is 5.91 Å². The molecule has 0 spiro atoms. The Bertz CT molecular complexity index is 938. The molecule has 1 N–H and O–H groups in total. The lowest BCUT2D eigenvalue weighted by Gasteiger charge is -2.03. The van der Waals surface area contributed by atoms with E-state index in [-0.39, 0.29) is 11.7 Å². The van der Waals surface area contributed by atoms with E-state index < -0.39 is 0 Å². The third-order valence-corrected chi connectivity index (χ3v) is 4.06. The van der Waals surface area contributed by atoms with Crippen molar-refractivity contribution in [3.05, 3.63) is 82.1 Å². The van der Waals surface area contributed by atoms with Gasteiger partial charge >= 0.3 is 0 Å². The summed E-state index contributed by atoms with van der Waals surface area (Å²) in [6.07, 6.45) is 4.50. The molecular formula is C18H15ClFN5O. The molecule has 6 nitrogen and oxygen atoms in total. The number of aryl methyl sites for hydroxylation is 1. The highest BCUT2D eigenvalue weighted by molar-refractivity contribution is 6.32. The Morgan fingerprint density at radius 3 is 2.65 bits per heavy atom. The zero-order valence-electron chi connectivity index (χ0n) is 13.9. The number of amides is 1. The van der Waals surface area contributed by atoms with Gasteiger partial charge in [-0.2, -0.15) is 10.2 Å². The number of hydrogen-bond donors (Lipinski definition) is 1. The van der Waals surface area contributed by atoms with Gasteiger partial charge in [-0.15, -0.1) is 0 Å². The fourth-order valence-electron chi connectivity index (χ4n) is 2.30. The highest BCUT2D eigenvalue weighted by Crippen LogP contribution is 2.19. The van der Waals surface area contributed by atoms with E-state index in [0.717, 1.165) is 5.56 Å². The summed E-state index contributed by atoms with van der Waals surface area (Å²) in [4.78, 5) is 15.8. The molecule has 0 aliphatic carbocycles. The second-order valence-corrected chi connectivity index (χ2v) is 5.87. The van der Waals surface area contributed by atoms with Crippen molar-refractivity contribution < 1.29 is 9.18 Å². The summed E-state index contributed by atoms with van der Waals surface area (Å²) in [7, 11) is 0. The number of nitrogens with zero attached hydrogens (tertiary/aromatic N) is 4. The van der Waals surface area contributed by atoms with Gasteiger partial charge in [0.1, 0.15) is 11.0 Å². The van der Waals surface area contributed by atoms with Gasteiger partial charge < -0.3 is 0 Å². The first-order chi connectivity index (χ1) is 12.5. The zero-order valence-corrected chi connectivity index (χ0v) is 14.6. The number of pyridine rings is 1. The number of nitrogens with one attached hydrogen (secondary N) is 1. The molecule has 1 amide bonds. The van der Waals surface area contributed by atoms with Gasteiger partial charge in [-0.3, -0.25) is 9.78 Å². The van der Waals surface area contributed by atoms with E-state index in [1.54, 1.807) is 35.9 Å². The topological polar surface area (TPSA) is 72.2 Å². The first-order valence-corrected chi connectivity index (χ1v) is 8.13. The molecule has 0 saturated carbocycles. The molecule has 0 fully saturated rings. The summed E-state index contributed by atoms with van der Waals surface area (Å²) in [5.41, 5.74) is 5.02. The SMILES string of the molecule is Cc1nn(Cc2ccc(F)cc2)c(Cl)c1/C=N\NC(=O)c1ccncc1. The summed E-state index contributed by atoms with van der Waals surface area (Å²) >= 11 is 6.36. The van der Waals surface area contributed by atoms with Crippen LogP contribution in [0.1, 0.15) is 27.2 Å². The Kier molecular flexibility index (Phi) is 5.38. The minimum atomic E-state index is -0.351. The van der Waals surface area contributed by atoms with Gasteiger partial charge in [0.2, 0.25) is 0 Å². The Balaban J connectivity index is 1.71. The molecule has 1 aromatic carbocycles. The first kappa shape index (κ1) is 17.8. The Morgan fingerprint density at radius 1 is 1.27 bits per heavy atom. The lowest BCUT2D eigenvalue weighted by atomic mass is 10.2. The van der Waals surface area contributed by atoms with Crippen LogP contribution >= 0.6 is 11.6 Å². The van der Waals surface area contributed by atoms with Crippen LogP contribution in [0.4, 0.5) is 4.39 Å². The molecule has 26 heavy (non-hydrogen) atoms. The second kappa shape index (κ2) is 7.88. The standard InChI is InChI=1S/C18H15ClFN5O/c1-12-16(10-22-23-18(26)14-6-8-21-9-7-14)17(19)25(24-12)11-13-2-4-15(20)5-3-13/h2-10H,11H2,1H3,(H,23,26)/b22-10-. The molecule has 0 unspecified atom stereocenters. The molecule has 0 atom stereocenters. The van der Waals surface area contributed by atoms with Crippen molar-refractivity contribution in [2.24, 2.45) is 5.10 Å². The maximum absolute atomic E-state index is 13.0. The molecule has 3 rings (SSSR count). The van der Waals surface area contributed by atoms with Gasteiger partial charge in [-0.25, -0.2) is 14.5 Å². The molecule has 2 aromatic heterocycles. The second-order valence-electron chi connectivity index (χ2n) is 5.51. The quantitative estimate of drug-likeness (QED) is 0.553. The average Bonchev–Trinajstić information content (AvgIpc) is 2.91. The maximum Gasteiger partial charge on any atom is 0.271 e. The van der Waals surface area contributed by atoms with Crippen molar-refractivity contribution in [2.45, 2.75) is 13.5 Å². The van der Waals surface area contributed by atoms with Gasteiger partial charge in [0.15, 0.2) is 0 Å². The molecule has 0 aliphatic rings. The first-order valence-electron chi connectivity index (χ1n) is 7.75. The van der Waals surface area contributed by atoms with Crippen molar-refractivity contribution in [3.8, 4) is 0 Å². The molecule has 8 heteroatoms. The molecular weight excluding hydrogens is 357 g/mol. The van der Waals surface area contributed by atoms with E-state index in [0.29, 0.717) is 28.5 Å². The number of aromatic nitrogens is 3. The van der Waals surface area contributed by atoms with Crippen LogP contribution in [0, 0.1) is 12.7 Å². The number of hydrogen-bond acceptors (Lipinski definition) is 4. The van der Waals surface area contributed by atoms with E-state index in [1.807, 2.05) is 0 Å². The van der Waals surface area contributed by atoms with Crippen LogP contribution in [0.15, 0.2) is 53.9 Å². The van der Waals surface area contributed by atoms with Gasteiger partial charge in [-0.05, 0) is 36.8 Å². The van der Waals surface area contributed by atoms with Crippen molar-refractivity contribution >= 4 is 23.7 Å². The van der Waals surface area contributed by atoms with E-state index in [1.165, 1.54) is 30.7 Å². The van der Waals surface area contributed by atoms with Crippen LogP contribution in [-0.4, -0.2) is 26.9 Å². The van der Waals surface area contributed by atoms with E-state index in [9.17, 15) is 9.18 Å². The van der Waals surface area contributed by atoms with Crippen LogP contribution in [0.5, 0.6) is 0 Å². The van der Waals surface area contributed by atoms with Crippen LogP contribution in [0.2, 0.25) is 5.15 Å². The Labute approximate surface area is 154 Å². The maximum atomic E-state index is 13.0. The van der Waals surface area contributed by atoms with Crippen molar-refractivity contribution in [1.82, 2.24) is 20.2 Å². The summed E-state index contributed by atoms with van der Waals surface area (Å²) < 4.78 is 14.6. The van der Waals surface area contributed by atoms with Crippen LogP contribution in [0.25, 0.3) is 0 Å². The summed E-state index contributed by atoms with van der Waals surface area (Å²) in [6.45, 7) is 2.19. The average molecular weight is 372 g/mol. The molecule has 0 radical (unpaired) electrons. The van der Waals surface area contributed by atoms with Gasteiger partial charge in [0.05, 0.1) is 24.0 Å². The van der Waals surface area contributed by atoms with E-state index in [4.69, 9.17) is 11.6 Å². The molecule has 0 aliphatic heterocycles. The van der Waals surface area contributed by atoms with Gasteiger partial charge in [0, 0.05) is 18.0 Å². The molecule has 3 aromatic rings. The number of hydrazone groups is 1. The number of rotatable bonds is 5. The molecule has 0 bridgehead atoms. The van der Waals surface area contributed by atoms with Crippen molar-refractivity contribution in [3.63, 3.8) is 0 Å². The smallest absolute Gasteiger partial charge is 0.267 e. The molecule has 132 valence electrons. The monoisotopic (exact) mass is 371 g/mol. The van der Waals surface area contributed by atoms with E-state index >= 15 is 0 Å². The number of benzene rings is 1. The Hall–Kier alpha value is -3.06. The summed E-state index contributed by atoms with van der Waals surface area (Å²) in [5, 5.41) is 8.68. The molecule has 0 saturated heterocycles. The normalized spacial score (nSPS) is 11.0. The third-order valence-electron chi connectivity index (χ3n) is 3.66. The zero-order chi connectivity index (χ0) is 18.5. The predicted octanol–water partition coefficient (Wildman–Crippen LogP) is 3.19. The lowest BCUT2D eigenvalue weighted by molar-refractivity contribution is 0.0955. The van der Waals surface area contributed by atoms with Crippen molar-refractivity contribution in [1.29, 1.82) is 0 Å². The van der Waals surface area contributed by atoms with Crippen LogP contribution in [-0.2, 0) is 6.54 Å². The fraction of sp³-hybridized carbons (Fsp3) is 0.111. The number of carbonyl (C=O) groups excluding carboxylic acids is 1. The van der Waals surface area contributed by atoms with Gasteiger partial charge in [-0.1, -0.05) is 23.7 Å². The van der Waals surface area contributed by atoms with Crippen LogP contribution < -0.4 is 5.43 Å². The van der Waals surface area contributed by atoms with E-state index in [2.05, 4.69) is 20.6 Å². The third kappa shape index (κ3) is 4.12.